The molecule has 0 bridgehead atoms. The van der Waals surface area contributed by atoms with E-state index in [-0.39, 0.29) is 6.61 Å². The van der Waals surface area contributed by atoms with Crippen molar-refractivity contribution < 1.29 is 27.0 Å². The van der Waals surface area contributed by atoms with Gasteiger partial charge in [0.2, 0.25) is 0 Å². The Morgan fingerprint density at radius 1 is 1.25 bits per heavy atom. The van der Waals surface area contributed by atoms with Crippen LogP contribution in [0.15, 0.2) is 0 Å². The average Bonchev–Trinajstić information content (AvgIpc) is 1.98. The van der Waals surface area contributed by atoms with Crippen LogP contribution in [-0.2, 0) is 9.47 Å². The summed E-state index contributed by atoms with van der Waals surface area (Å²) in [7, 11) is 0. The van der Waals surface area contributed by atoms with Crippen LogP contribution in [0.2, 0.25) is 0 Å². The van der Waals surface area contributed by atoms with Crippen molar-refractivity contribution in [3.8, 4) is 0 Å². The fourth-order valence-corrected chi connectivity index (χ4v) is 0.444. The summed E-state index contributed by atoms with van der Waals surface area (Å²) in [5, 5.41) is 0. The number of hydrogen-bond acceptors (Lipinski definition) is 2. The van der Waals surface area contributed by atoms with E-state index in [2.05, 4.69) is 9.47 Å². The van der Waals surface area contributed by atoms with Crippen molar-refractivity contribution >= 4 is 0 Å². The van der Waals surface area contributed by atoms with Gasteiger partial charge in [0.25, 0.3) is 0 Å². The van der Waals surface area contributed by atoms with Gasteiger partial charge in [0.05, 0.1) is 13.2 Å². The first kappa shape index (κ1) is 11.6. The van der Waals surface area contributed by atoms with Crippen LogP contribution in [0.1, 0.15) is 6.92 Å². The molecule has 0 aliphatic rings. The Labute approximate surface area is 67.5 Å². The third-order valence-corrected chi connectivity index (χ3v) is 0.980. The summed E-state index contributed by atoms with van der Waals surface area (Å²) in [6.45, 7) is 1.35. The highest BCUT2D eigenvalue weighted by Crippen LogP contribution is 2.23. The first-order valence-electron chi connectivity index (χ1n) is 3.38. The zero-order chi connectivity index (χ0) is 9.61. The van der Waals surface area contributed by atoms with Crippen molar-refractivity contribution in [1.82, 2.24) is 0 Å². The Balaban J connectivity index is 3.47. The van der Waals surface area contributed by atoms with Crippen LogP contribution in [0.3, 0.4) is 0 Å². The minimum atomic E-state index is -4.36. The molecule has 0 amide bonds. The van der Waals surface area contributed by atoms with Gasteiger partial charge in [-0.25, -0.2) is 8.78 Å². The van der Waals surface area contributed by atoms with Gasteiger partial charge in [-0.15, -0.1) is 0 Å². The quantitative estimate of drug-likeness (QED) is 0.470. The molecule has 0 rings (SSSR count). The predicted molar refractivity (Wildman–Crippen MR) is 33.4 cm³/mol. The predicted octanol–water partition coefficient (Wildman–Crippen LogP) is 1.90. The molecular formula is C6H10F4O2. The summed E-state index contributed by atoms with van der Waals surface area (Å²) in [4.78, 5) is 0. The van der Waals surface area contributed by atoms with Gasteiger partial charge in [0.1, 0.15) is 0 Å². The van der Waals surface area contributed by atoms with Crippen molar-refractivity contribution in [1.29, 1.82) is 0 Å². The lowest BCUT2D eigenvalue weighted by Gasteiger charge is -2.15. The average molecular weight is 190 g/mol. The minimum Gasteiger partial charge on any atom is -0.379 e. The molecule has 0 spiro atoms. The fourth-order valence-electron chi connectivity index (χ4n) is 0.444. The monoisotopic (exact) mass is 190 g/mol. The molecule has 0 saturated heterocycles. The maximum absolute atomic E-state index is 11.9. The van der Waals surface area contributed by atoms with Gasteiger partial charge >= 0.3 is 12.5 Å². The van der Waals surface area contributed by atoms with E-state index in [4.69, 9.17) is 0 Å². The standard InChI is InChI=1S/C6H10F4O2/c1-2-11-3-4-12-6(9,10)5(7)8/h5H,2-4H2,1H3. The SMILES string of the molecule is CCOCCOC(F)(F)C(F)F. The van der Waals surface area contributed by atoms with Crippen molar-refractivity contribution in [3.05, 3.63) is 0 Å². The summed E-state index contributed by atoms with van der Waals surface area (Å²) >= 11 is 0. The van der Waals surface area contributed by atoms with E-state index in [1.165, 1.54) is 0 Å². The Kier molecular flexibility index (Phi) is 5.16. The number of halogens is 4. The molecule has 74 valence electrons. The molecule has 0 aliphatic carbocycles. The van der Waals surface area contributed by atoms with Crippen molar-refractivity contribution in [2.24, 2.45) is 0 Å². The molecule has 0 aliphatic heterocycles. The molecule has 0 fully saturated rings. The normalized spacial score (nSPS) is 12.5. The fraction of sp³-hybridized carbons (Fsp3) is 1.00. The summed E-state index contributed by atoms with van der Waals surface area (Å²) in [5.41, 5.74) is 0. The molecule has 0 aromatic carbocycles. The zero-order valence-corrected chi connectivity index (χ0v) is 6.53. The second kappa shape index (κ2) is 5.31. The van der Waals surface area contributed by atoms with Crippen LogP contribution < -0.4 is 0 Å². The molecule has 0 N–H and O–H groups in total. The lowest BCUT2D eigenvalue weighted by molar-refractivity contribution is -0.302. The smallest absolute Gasteiger partial charge is 0.379 e. The Hall–Kier alpha value is -0.360. The molecule has 12 heavy (non-hydrogen) atoms. The molecule has 0 atom stereocenters. The van der Waals surface area contributed by atoms with Crippen molar-refractivity contribution in [3.63, 3.8) is 0 Å². The van der Waals surface area contributed by atoms with Gasteiger partial charge in [-0.3, -0.25) is 0 Å². The van der Waals surface area contributed by atoms with E-state index in [1.807, 2.05) is 0 Å². The molecular weight excluding hydrogens is 180 g/mol. The molecule has 0 unspecified atom stereocenters. The number of rotatable bonds is 6. The summed E-state index contributed by atoms with van der Waals surface area (Å²) in [6, 6.07) is 0. The van der Waals surface area contributed by atoms with Gasteiger partial charge in [0.15, 0.2) is 0 Å². The first-order valence-corrected chi connectivity index (χ1v) is 3.38. The van der Waals surface area contributed by atoms with Crippen LogP contribution in [0.25, 0.3) is 0 Å². The molecule has 6 heteroatoms. The van der Waals surface area contributed by atoms with Gasteiger partial charge in [0, 0.05) is 6.61 Å². The van der Waals surface area contributed by atoms with Gasteiger partial charge in [-0.05, 0) is 6.92 Å². The minimum absolute atomic E-state index is 0.112. The highest BCUT2D eigenvalue weighted by atomic mass is 19.3. The van der Waals surface area contributed by atoms with E-state index < -0.39 is 19.1 Å². The maximum atomic E-state index is 11.9. The van der Waals surface area contributed by atoms with Crippen LogP contribution in [0, 0.1) is 0 Å². The molecule has 0 aromatic heterocycles. The molecule has 2 nitrogen and oxygen atoms in total. The third-order valence-electron chi connectivity index (χ3n) is 0.980. The van der Waals surface area contributed by atoms with E-state index >= 15 is 0 Å². The molecule has 0 saturated carbocycles. The molecule has 0 radical (unpaired) electrons. The van der Waals surface area contributed by atoms with Crippen LogP contribution >= 0.6 is 0 Å². The highest BCUT2D eigenvalue weighted by Gasteiger charge is 2.41. The highest BCUT2D eigenvalue weighted by molar-refractivity contribution is 4.54. The summed E-state index contributed by atoms with van der Waals surface area (Å²) < 4.78 is 54.9. The van der Waals surface area contributed by atoms with Gasteiger partial charge in [-0.2, -0.15) is 8.78 Å². The van der Waals surface area contributed by atoms with E-state index in [0.717, 1.165) is 0 Å². The van der Waals surface area contributed by atoms with E-state index in [1.54, 1.807) is 6.92 Å². The van der Waals surface area contributed by atoms with Crippen molar-refractivity contribution in [2.75, 3.05) is 19.8 Å². The van der Waals surface area contributed by atoms with Crippen molar-refractivity contribution in [2.45, 2.75) is 19.5 Å². The lowest BCUT2D eigenvalue weighted by Crippen LogP contribution is -2.31. The van der Waals surface area contributed by atoms with Crippen LogP contribution in [-0.4, -0.2) is 32.4 Å². The number of alkyl halides is 4. The number of ether oxygens (including phenoxy) is 2. The third kappa shape index (κ3) is 4.50. The van der Waals surface area contributed by atoms with Gasteiger partial charge < -0.3 is 9.47 Å². The lowest BCUT2D eigenvalue weighted by atomic mass is 10.6. The zero-order valence-electron chi connectivity index (χ0n) is 6.53. The molecule has 0 heterocycles. The Morgan fingerprint density at radius 3 is 2.25 bits per heavy atom. The topological polar surface area (TPSA) is 18.5 Å². The van der Waals surface area contributed by atoms with Crippen LogP contribution in [0.5, 0.6) is 0 Å². The summed E-state index contributed by atoms with van der Waals surface area (Å²) in [5.74, 6) is 0. The Morgan fingerprint density at radius 2 is 1.83 bits per heavy atom. The second-order valence-electron chi connectivity index (χ2n) is 1.91. The number of hydrogen-bond donors (Lipinski definition) is 0. The van der Waals surface area contributed by atoms with E-state index in [0.29, 0.717) is 6.61 Å². The molecule has 0 aromatic rings. The largest absolute Gasteiger partial charge is 0.416 e. The maximum Gasteiger partial charge on any atom is 0.416 e. The van der Waals surface area contributed by atoms with Crippen LogP contribution in [0.4, 0.5) is 17.6 Å². The Bertz CT molecular complexity index is 118. The van der Waals surface area contributed by atoms with E-state index in [9.17, 15) is 17.6 Å². The second-order valence-corrected chi connectivity index (χ2v) is 1.91. The summed E-state index contributed by atoms with van der Waals surface area (Å²) in [6.07, 6.45) is -8.16. The first-order chi connectivity index (χ1) is 5.50. The van der Waals surface area contributed by atoms with Gasteiger partial charge in [-0.1, -0.05) is 0 Å².